The topological polar surface area (TPSA) is 70.9 Å². The monoisotopic (exact) mass is 443 g/mol. The van der Waals surface area contributed by atoms with Crippen molar-refractivity contribution in [3.63, 3.8) is 0 Å². The summed E-state index contributed by atoms with van der Waals surface area (Å²) in [5.74, 6) is 1.19. The highest BCUT2D eigenvalue weighted by atomic mass is 79.9. The number of hydrogen-bond donors (Lipinski definition) is 1. The SMILES string of the molecule is CC[C@@H](C)Oc1c(Br)cc(/C=C(/C#N)c2nc3ccc(F)cc3[nH]2)cc1OC. The molecule has 0 spiro atoms. The van der Waals surface area contributed by atoms with Gasteiger partial charge in [0.25, 0.3) is 0 Å². The van der Waals surface area contributed by atoms with Crippen LogP contribution >= 0.6 is 15.9 Å². The molecule has 1 N–H and O–H groups in total. The Morgan fingerprint density at radius 1 is 1.39 bits per heavy atom. The van der Waals surface area contributed by atoms with Gasteiger partial charge in [-0.05, 0) is 71.2 Å². The van der Waals surface area contributed by atoms with Gasteiger partial charge in [0, 0.05) is 0 Å². The lowest BCUT2D eigenvalue weighted by atomic mass is 10.1. The minimum atomic E-state index is -0.365. The number of imidazole rings is 1. The molecule has 1 atom stereocenters. The lowest BCUT2D eigenvalue weighted by molar-refractivity contribution is 0.206. The molecule has 5 nitrogen and oxygen atoms in total. The van der Waals surface area contributed by atoms with Crippen molar-refractivity contribution in [3.8, 4) is 17.6 Å². The third kappa shape index (κ3) is 4.18. The zero-order valence-electron chi connectivity index (χ0n) is 15.7. The largest absolute Gasteiger partial charge is 0.493 e. The van der Waals surface area contributed by atoms with Crippen LogP contribution in [0.15, 0.2) is 34.8 Å². The van der Waals surface area contributed by atoms with Gasteiger partial charge >= 0.3 is 0 Å². The van der Waals surface area contributed by atoms with Crippen LogP contribution in [0, 0.1) is 17.1 Å². The molecule has 3 rings (SSSR count). The molecule has 0 amide bonds. The van der Waals surface area contributed by atoms with E-state index >= 15 is 0 Å². The van der Waals surface area contributed by atoms with Gasteiger partial charge in [0.15, 0.2) is 11.5 Å². The van der Waals surface area contributed by atoms with E-state index in [0.717, 1.165) is 16.5 Å². The zero-order chi connectivity index (χ0) is 20.3. The average Bonchev–Trinajstić information content (AvgIpc) is 3.10. The van der Waals surface area contributed by atoms with Crippen molar-refractivity contribution in [2.45, 2.75) is 26.4 Å². The van der Waals surface area contributed by atoms with Crippen molar-refractivity contribution in [1.29, 1.82) is 5.26 Å². The van der Waals surface area contributed by atoms with Crippen LogP contribution in [-0.2, 0) is 0 Å². The van der Waals surface area contributed by atoms with Gasteiger partial charge in [-0.1, -0.05) is 6.92 Å². The van der Waals surface area contributed by atoms with Crippen LogP contribution in [0.4, 0.5) is 4.39 Å². The van der Waals surface area contributed by atoms with E-state index in [1.165, 1.54) is 12.1 Å². The van der Waals surface area contributed by atoms with Gasteiger partial charge in [-0.3, -0.25) is 0 Å². The second-order valence-corrected chi connectivity index (χ2v) is 7.14. The van der Waals surface area contributed by atoms with Gasteiger partial charge in [0.1, 0.15) is 17.7 Å². The van der Waals surface area contributed by atoms with Gasteiger partial charge in [0.2, 0.25) is 0 Å². The molecule has 0 radical (unpaired) electrons. The number of nitriles is 1. The van der Waals surface area contributed by atoms with Crippen LogP contribution in [0.3, 0.4) is 0 Å². The second-order valence-electron chi connectivity index (χ2n) is 6.29. The highest BCUT2D eigenvalue weighted by molar-refractivity contribution is 9.10. The predicted octanol–water partition coefficient (Wildman–Crippen LogP) is 5.71. The summed E-state index contributed by atoms with van der Waals surface area (Å²) in [7, 11) is 1.57. The lowest BCUT2D eigenvalue weighted by Gasteiger charge is -2.17. The third-order valence-electron chi connectivity index (χ3n) is 4.28. The molecule has 7 heteroatoms. The predicted molar refractivity (Wildman–Crippen MR) is 111 cm³/mol. The first-order valence-corrected chi connectivity index (χ1v) is 9.56. The summed E-state index contributed by atoms with van der Waals surface area (Å²) in [6, 6.07) is 10.0. The quantitative estimate of drug-likeness (QED) is 0.494. The Kier molecular flexibility index (Phi) is 6.00. The summed E-state index contributed by atoms with van der Waals surface area (Å²) < 4.78 is 25.5. The molecule has 3 aromatic rings. The highest BCUT2D eigenvalue weighted by Crippen LogP contribution is 2.38. The van der Waals surface area contributed by atoms with E-state index in [1.807, 2.05) is 19.9 Å². The number of rotatable bonds is 6. The van der Waals surface area contributed by atoms with Crippen LogP contribution in [0.1, 0.15) is 31.7 Å². The molecule has 1 aromatic heterocycles. The average molecular weight is 444 g/mol. The fourth-order valence-corrected chi connectivity index (χ4v) is 3.20. The maximum absolute atomic E-state index is 13.4. The van der Waals surface area contributed by atoms with Crippen LogP contribution in [0.5, 0.6) is 11.5 Å². The Bertz CT molecular complexity index is 1090. The summed E-state index contributed by atoms with van der Waals surface area (Å²) in [6.45, 7) is 4.03. The van der Waals surface area contributed by atoms with E-state index in [2.05, 4.69) is 32.0 Å². The summed E-state index contributed by atoms with van der Waals surface area (Å²) in [6.07, 6.45) is 2.59. The maximum Gasteiger partial charge on any atom is 0.175 e. The number of H-pyrrole nitrogens is 1. The summed E-state index contributed by atoms with van der Waals surface area (Å²) in [5, 5.41) is 9.60. The van der Waals surface area contributed by atoms with E-state index < -0.39 is 0 Å². The number of nitrogens with zero attached hydrogens (tertiary/aromatic N) is 2. The summed E-state index contributed by atoms with van der Waals surface area (Å²) in [4.78, 5) is 7.36. The van der Waals surface area contributed by atoms with E-state index in [0.29, 0.717) is 33.9 Å². The van der Waals surface area contributed by atoms with Crippen molar-refractivity contribution in [2.24, 2.45) is 0 Å². The molecular formula is C21H19BrFN3O2. The number of aromatic amines is 1. The molecule has 2 aromatic carbocycles. The maximum atomic E-state index is 13.4. The van der Waals surface area contributed by atoms with Crippen LogP contribution in [0.2, 0.25) is 0 Å². The van der Waals surface area contributed by atoms with Crippen LogP contribution < -0.4 is 9.47 Å². The number of hydrogen-bond acceptors (Lipinski definition) is 4. The molecule has 0 fully saturated rings. The van der Waals surface area contributed by atoms with Crippen molar-refractivity contribution in [1.82, 2.24) is 9.97 Å². The first kappa shape index (κ1) is 19.9. The van der Waals surface area contributed by atoms with E-state index in [-0.39, 0.29) is 11.9 Å². The van der Waals surface area contributed by atoms with Crippen molar-refractivity contribution >= 4 is 38.6 Å². The normalized spacial score (nSPS) is 12.6. The second kappa shape index (κ2) is 8.44. The Hall–Kier alpha value is -2.85. The Balaban J connectivity index is 2.02. The number of ether oxygens (including phenoxy) is 2. The molecule has 0 bridgehead atoms. The first-order valence-electron chi connectivity index (χ1n) is 8.76. The molecule has 28 heavy (non-hydrogen) atoms. The summed E-state index contributed by atoms with van der Waals surface area (Å²) in [5.41, 5.74) is 2.19. The van der Waals surface area contributed by atoms with Crippen LogP contribution in [-0.4, -0.2) is 23.2 Å². The van der Waals surface area contributed by atoms with Gasteiger partial charge in [-0.2, -0.15) is 5.26 Å². The molecule has 0 aliphatic rings. The number of methoxy groups -OCH3 is 1. The molecular weight excluding hydrogens is 425 g/mol. The number of aromatic nitrogens is 2. The highest BCUT2D eigenvalue weighted by Gasteiger charge is 2.15. The summed E-state index contributed by atoms with van der Waals surface area (Å²) >= 11 is 3.52. The fourth-order valence-electron chi connectivity index (χ4n) is 2.65. The van der Waals surface area contributed by atoms with Crippen molar-refractivity contribution in [3.05, 3.63) is 52.0 Å². The Morgan fingerprint density at radius 3 is 2.86 bits per heavy atom. The minimum Gasteiger partial charge on any atom is -0.493 e. The van der Waals surface area contributed by atoms with Crippen LogP contribution in [0.25, 0.3) is 22.7 Å². The number of fused-ring (bicyclic) bond motifs is 1. The molecule has 0 unspecified atom stereocenters. The minimum absolute atomic E-state index is 0.0391. The molecule has 0 aliphatic heterocycles. The van der Waals surface area contributed by atoms with E-state index in [1.54, 1.807) is 25.3 Å². The smallest absolute Gasteiger partial charge is 0.175 e. The van der Waals surface area contributed by atoms with Gasteiger partial charge < -0.3 is 14.5 Å². The number of halogens is 2. The molecule has 144 valence electrons. The number of nitrogens with one attached hydrogen (secondary N) is 1. The molecule has 0 aliphatic carbocycles. The lowest BCUT2D eigenvalue weighted by Crippen LogP contribution is -2.11. The molecule has 1 heterocycles. The molecule has 0 saturated carbocycles. The zero-order valence-corrected chi connectivity index (χ0v) is 17.3. The third-order valence-corrected chi connectivity index (χ3v) is 4.87. The van der Waals surface area contributed by atoms with Crippen molar-refractivity contribution in [2.75, 3.05) is 7.11 Å². The van der Waals surface area contributed by atoms with Gasteiger partial charge in [0.05, 0.1) is 34.3 Å². The first-order chi connectivity index (χ1) is 13.4. The van der Waals surface area contributed by atoms with Crippen molar-refractivity contribution < 1.29 is 13.9 Å². The standard InChI is InChI=1S/C21H19BrFN3O2/c1-4-12(2)28-20-16(22)8-13(9-19(20)27-3)7-14(11-24)21-25-17-6-5-15(23)10-18(17)26-21/h5-10,12H,4H2,1-3H3,(H,25,26)/b14-7-/t12-/m1/s1. The van der Waals surface area contributed by atoms with E-state index in [4.69, 9.17) is 9.47 Å². The molecule has 0 saturated heterocycles. The number of benzene rings is 2. The number of allylic oxidation sites excluding steroid dienone is 1. The van der Waals surface area contributed by atoms with E-state index in [9.17, 15) is 9.65 Å². The van der Waals surface area contributed by atoms with Gasteiger partial charge in [-0.25, -0.2) is 9.37 Å². The Labute approximate surface area is 170 Å². The van der Waals surface area contributed by atoms with Gasteiger partial charge in [-0.15, -0.1) is 0 Å². The fraction of sp³-hybridized carbons (Fsp3) is 0.238. The Morgan fingerprint density at radius 2 is 2.18 bits per heavy atom.